The van der Waals surface area contributed by atoms with Crippen molar-refractivity contribution in [3.8, 4) is 17.7 Å². The number of nitriles is 1. The second kappa shape index (κ2) is 8.29. The Bertz CT molecular complexity index is 1300. The summed E-state index contributed by atoms with van der Waals surface area (Å²) in [5.74, 6) is 1.08. The smallest absolute Gasteiger partial charge is 0.266 e. The second-order valence-electron chi connectivity index (χ2n) is 7.83. The molecular formula is C22H21N5O5S. The first kappa shape index (κ1) is 21.1. The molecule has 1 aromatic carbocycles. The maximum Gasteiger partial charge on any atom is 0.266 e. The van der Waals surface area contributed by atoms with Gasteiger partial charge in [0.15, 0.2) is 5.76 Å². The van der Waals surface area contributed by atoms with Crippen LogP contribution in [0, 0.1) is 11.3 Å². The summed E-state index contributed by atoms with van der Waals surface area (Å²) in [6.07, 6.45) is 2.11. The summed E-state index contributed by atoms with van der Waals surface area (Å²) in [6, 6.07) is 12.2. The summed E-state index contributed by atoms with van der Waals surface area (Å²) in [5, 5.41) is 9.45. The Hall–Kier alpha value is -3.78. The zero-order valence-corrected chi connectivity index (χ0v) is 18.5. The highest BCUT2D eigenvalue weighted by molar-refractivity contribution is 7.93. The highest BCUT2D eigenvalue weighted by Crippen LogP contribution is 2.29. The van der Waals surface area contributed by atoms with Crippen molar-refractivity contribution in [2.24, 2.45) is 0 Å². The predicted molar refractivity (Wildman–Crippen MR) is 119 cm³/mol. The molecule has 2 aromatic heterocycles. The molecule has 0 unspecified atom stereocenters. The molecule has 0 aliphatic carbocycles. The monoisotopic (exact) mass is 467 g/mol. The first-order valence-corrected chi connectivity index (χ1v) is 12.2. The lowest BCUT2D eigenvalue weighted by Gasteiger charge is -2.34. The van der Waals surface area contributed by atoms with Gasteiger partial charge in [0, 0.05) is 38.3 Å². The SMILES string of the molecule is N#Cc1nc(-c2ccco2)oc1N1CCN(C(=O)c2ccc(N3CCCS3(=O)=O)cc2)CC1. The van der Waals surface area contributed by atoms with Crippen molar-refractivity contribution in [3.05, 3.63) is 53.9 Å². The van der Waals surface area contributed by atoms with Crippen LogP contribution in [0.1, 0.15) is 22.5 Å². The van der Waals surface area contributed by atoms with E-state index >= 15 is 0 Å². The van der Waals surface area contributed by atoms with Crippen LogP contribution in [0.2, 0.25) is 0 Å². The van der Waals surface area contributed by atoms with Crippen molar-refractivity contribution < 1.29 is 22.0 Å². The fourth-order valence-corrected chi connectivity index (χ4v) is 5.66. The quantitative estimate of drug-likeness (QED) is 0.573. The van der Waals surface area contributed by atoms with Crippen molar-refractivity contribution in [1.82, 2.24) is 9.88 Å². The van der Waals surface area contributed by atoms with E-state index in [0.717, 1.165) is 0 Å². The number of piperazine rings is 1. The van der Waals surface area contributed by atoms with Crippen molar-refractivity contribution in [3.63, 3.8) is 0 Å². The van der Waals surface area contributed by atoms with Gasteiger partial charge in [-0.2, -0.15) is 10.2 Å². The van der Waals surface area contributed by atoms with Gasteiger partial charge in [-0.1, -0.05) is 0 Å². The van der Waals surface area contributed by atoms with Crippen molar-refractivity contribution in [1.29, 1.82) is 5.26 Å². The molecule has 2 fully saturated rings. The van der Waals surface area contributed by atoms with E-state index in [-0.39, 0.29) is 23.2 Å². The molecule has 0 radical (unpaired) electrons. The van der Waals surface area contributed by atoms with Gasteiger partial charge in [0.25, 0.3) is 11.8 Å². The van der Waals surface area contributed by atoms with Gasteiger partial charge < -0.3 is 18.6 Å². The molecule has 0 N–H and O–H groups in total. The third kappa shape index (κ3) is 3.93. The fraction of sp³-hybridized carbons (Fsp3) is 0.318. The summed E-state index contributed by atoms with van der Waals surface area (Å²) in [7, 11) is -3.26. The number of rotatable bonds is 4. The molecule has 10 nitrogen and oxygen atoms in total. The summed E-state index contributed by atoms with van der Waals surface area (Å²) in [5.41, 5.74) is 1.26. The first-order valence-electron chi connectivity index (χ1n) is 10.6. The number of amides is 1. The van der Waals surface area contributed by atoms with Crippen LogP contribution in [-0.4, -0.2) is 62.7 Å². The molecule has 11 heteroatoms. The molecule has 0 bridgehead atoms. The highest BCUT2D eigenvalue weighted by Gasteiger charge is 2.30. The lowest BCUT2D eigenvalue weighted by molar-refractivity contribution is 0.0745. The van der Waals surface area contributed by atoms with Gasteiger partial charge in [-0.15, -0.1) is 0 Å². The molecular weight excluding hydrogens is 446 g/mol. The number of nitrogens with zero attached hydrogens (tertiary/aromatic N) is 5. The standard InChI is InChI=1S/C22H21N5O5S/c23-15-18-22(32-20(24-18)19-3-1-13-31-19)26-11-9-25(10-12-26)21(28)16-4-6-17(7-5-16)27-8-2-14-33(27,29)30/h1,3-7,13H,2,8-12,14H2. The number of anilines is 2. The molecule has 33 heavy (non-hydrogen) atoms. The number of oxazole rings is 1. The molecule has 1 amide bonds. The minimum Gasteiger partial charge on any atom is -0.459 e. The van der Waals surface area contributed by atoms with E-state index in [0.29, 0.717) is 62.0 Å². The summed E-state index contributed by atoms with van der Waals surface area (Å²) in [4.78, 5) is 20.8. The van der Waals surface area contributed by atoms with Crippen molar-refractivity contribution in [2.45, 2.75) is 6.42 Å². The molecule has 4 heterocycles. The Labute approximate surface area is 190 Å². The van der Waals surface area contributed by atoms with E-state index in [4.69, 9.17) is 8.83 Å². The van der Waals surface area contributed by atoms with E-state index in [1.54, 1.807) is 41.3 Å². The third-order valence-electron chi connectivity index (χ3n) is 5.80. The number of furan rings is 1. The molecule has 0 atom stereocenters. The molecule has 2 aliphatic heterocycles. The third-order valence-corrected chi connectivity index (χ3v) is 7.67. The largest absolute Gasteiger partial charge is 0.459 e. The van der Waals surface area contributed by atoms with Gasteiger partial charge in [0.05, 0.1) is 17.7 Å². The molecule has 0 saturated carbocycles. The van der Waals surface area contributed by atoms with Crippen LogP contribution >= 0.6 is 0 Å². The highest BCUT2D eigenvalue weighted by atomic mass is 32.2. The number of benzene rings is 1. The Balaban J connectivity index is 1.25. The van der Waals surface area contributed by atoms with Gasteiger partial charge in [-0.05, 0) is 42.8 Å². The Morgan fingerprint density at radius 1 is 1.06 bits per heavy atom. The van der Waals surface area contributed by atoms with E-state index in [1.807, 2.05) is 4.90 Å². The van der Waals surface area contributed by atoms with Crippen LogP contribution in [0.25, 0.3) is 11.7 Å². The lowest BCUT2D eigenvalue weighted by Crippen LogP contribution is -2.48. The molecule has 0 spiro atoms. The zero-order valence-electron chi connectivity index (χ0n) is 17.7. The maximum absolute atomic E-state index is 13.0. The van der Waals surface area contributed by atoms with Gasteiger partial charge in [-0.25, -0.2) is 8.42 Å². The van der Waals surface area contributed by atoms with E-state index in [1.165, 1.54) is 10.6 Å². The van der Waals surface area contributed by atoms with E-state index in [9.17, 15) is 18.5 Å². The average molecular weight is 468 g/mol. The minimum absolute atomic E-state index is 0.125. The predicted octanol–water partition coefficient (Wildman–Crippen LogP) is 2.31. The first-order chi connectivity index (χ1) is 16.0. The molecule has 3 aromatic rings. The second-order valence-corrected chi connectivity index (χ2v) is 9.84. The number of hydrogen-bond acceptors (Lipinski definition) is 8. The van der Waals surface area contributed by atoms with Gasteiger partial charge in [0.1, 0.15) is 6.07 Å². The van der Waals surface area contributed by atoms with Crippen molar-refractivity contribution in [2.75, 3.05) is 47.7 Å². The number of carbonyl (C=O) groups is 1. The van der Waals surface area contributed by atoms with E-state index < -0.39 is 10.0 Å². The molecule has 170 valence electrons. The van der Waals surface area contributed by atoms with Crippen LogP contribution < -0.4 is 9.21 Å². The number of hydrogen-bond donors (Lipinski definition) is 0. The lowest BCUT2D eigenvalue weighted by atomic mass is 10.1. The number of carbonyl (C=O) groups excluding carboxylic acids is 1. The van der Waals surface area contributed by atoms with Gasteiger partial charge >= 0.3 is 0 Å². The van der Waals surface area contributed by atoms with Crippen molar-refractivity contribution >= 4 is 27.5 Å². The Kier molecular flexibility index (Phi) is 5.30. The Morgan fingerprint density at radius 3 is 2.42 bits per heavy atom. The zero-order chi connectivity index (χ0) is 23.0. The number of aromatic nitrogens is 1. The summed E-state index contributed by atoms with van der Waals surface area (Å²) < 4.78 is 36.7. The van der Waals surface area contributed by atoms with Crippen LogP contribution in [0.15, 0.2) is 51.5 Å². The fourth-order valence-electron chi connectivity index (χ4n) is 4.10. The Morgan fingerprint density at radius 2 is 1.82 bits per heavy atom. The van der Waals surface area contributed by atoms with Crippen LogP contribution in [-0.2, 0) is 10.0 Å². The average Bonchev–Trinajstić information content (AvgIpc) is 3.58. The molecule has 5 rings (SSSR count). The van der Waals surface area contributed by atoms with Gasteiger partial charge in [0.2, 0.25) is 21.6 Å². The minimum atomic E-state index is -3.26. The van der Waals surface area contributed by atoms with Gasteiger partial charge in [-0.3, -0.25) is 9.10 Å². The van der Waals surface area contributed by atoms with Crippen LogP contribution in [0.4, 0.5) is 11.6 Å². The van der Waals surface area contributed by atoms with E-state index in [2.05, 4.69) is 11.1 Å². The van der Waals surface area contributed by atoms with Crippen LogP contribution in [0.3, 0.4) is 0 Å². The number of sulfonamides is 1. The normalized spacial score (nSPS) is 17.8. The summed E-state index contributed by atoms with van der Waals surface area (Å²) >= 11 is 0. The summed E-state index contributed by atoms with van der Waals surface area (Å²) in [6.45, 7) is 2.33. The molecule has 2 aliphatic rings. The topological polar surface area (TPSA) is 124 Å². The molecule has 2 saturated heterocycles. The van der Waals surface area contributed by atoms with Crippen LogP contribution in [0.5, 0.6) is 0 Å². The maximum atomic E-state index is 13.0.